The van der Waals surface area contributed by atoms with Crippen LogP contribution in [0.4, 0.5) is 0 Å². The fourth-order valence-corrected chi connectivity index (χ4v) is 7.55. The van der Waals surface area contributed by atoms with Crippen molar-refractivity contribution in [2.24, 2.45) is 0 Å². The topological polar surface area (TPSA) is 77.8 Å². The molecule has 4 aromatic heterocycles. The zero-order valence-electron chi connectivity index (χ0n) is 27.6. The van der Waals surface area contributed by atoms with Crippen molar-refractivity contribution in [1.82, 2.24) is 19.9 Å². The molecule has 52 heavy (non-hydrogen) atoms. The van der Waals surface area contributed by atoms with E-state index in [1.54, 1.807) is 0 Å². The molecule has 6 heteroatoms. The highest BCUT2D eigenvalue weighted by molar-refractivity contribution is 6.16. The zero-order chi connectivity index (χ0) is 34.2. The minimum atomic E-state index is 0.567. The summed E-state index contributed by atoms with van der Waals surface area (Å²) in [6.07, 6.45) is 1.82. The van der Waals surface area contributed by atoms with Gasteiger partial charge in [-0.25, -0.2) is 19.9 Å². The van der Waals surface area contributed by atoms with Crippen molar-refractivity contribution in [1.29, 1.82) is 0 Å². The number of furan rings is 2. The van der Waals surface area contributed by atoms with Gasteiger partial charge in [0.05, 0.1) is 5.39 Å². The Balaban J connectivity index is 1.23. The summed E-state index contributed by atoms with van der Waals surface area (Å²) in [5.41, 5.74) is 7.62. The molecule has 0 saturated heterocycles. The Labute approximate surface area is 296 Å². The molecule has 0 aliphatic heterocycles. The van der Waals surface area contributed by atoms with Gasteiger partial charge >= 0.3 is 0 Å². The number of para-hydroxylation sites is 1. The van der Waals surface area contributed by atoms with Crippen LogP contribution >= 0.6 is 0 Å². The molecular formula is C46H26N4O2. The summed E-state index contributed by atoms with van der Waals surface area (Å²) in [5, 5.41) is 8.40. The van der Waals surface area contributed by atoms with Crippen molar-refractivity contribution in [2.45, 2.75) is 0 Å². The Bertz CT molecular complexity index is 3200. The van der Waals surface area contributed by atoms with E-state index in [4.69, 9.17) is 28.8 Å². The van der Waals surface area contributed by atoms with Crippen LogP contribution in [0.1, 0.15) is 0 Å². The van der Waals surface area contributed by atoms with Gasteiger partial charge in [-0.1, -0.05) is 109 Å². The fourth-order valence-electron chi connectivity index (χ4n) is 7.55. The van der Waals surface area contributed by atoms with Crippen LogP contribution in [0.3, 0.4) is 0 Å². The van der Waals surface area contributed by atoms with Gasteiger partial charge in [-0.05, 0) is 75.1 Å². The Hall–Kier alpha value is -7.18. The SMILES string of the molecule is c1ccc(-c2nc(-c3cc4ccccc4cc3-c3ccnc4oc5cc6ccccc6cc5c34)nc(-c3cccc4oc5ccccc5c34)n2)cc1. The maximum absolute atomic E-state index is 6.42. The van der Waals surface area contributed by atoms with Crippen LogP contribution in [0.5, 0.6) is 0 Å². The summed E-state index contributed by atoms with van der Waals surface area (Å²) in [5.74, 6) is 1.72. The zero-order valence-corrected chi connectivity index (χ0v) is 27.6. The van der Waals surface area contributed by atoms with E-state index in [1.807, 2.05) is 72.9 Å². The van der Waals surface area contributed by atoms with Crippen LogP contribution < -0.4 is 0 Å². The smallest absolute Gasteiger partial charge is 0.227 e. The molecule has 0 saturated carbocycles. The molecule has 11 rings (SSSR count). The first-order valence-corrected chi connectivity index (χ1v) is 17.2. The Kier molecular flexibility index (Phi) is 6.15. The maximum Gasteiger partial charge on any atom is 0.227 e. The molecule has 0 N–H and O–H groups in total. The number of nitrogens with zero attached hydrogens (tertiary/aromatic N) is 4. The van der Waals surface area contributed by atoms with E-state index in [-0.39, 0.29) is 0 Å². The van der Waals surface area contributed by atoms with Crippen molar-refractivity contribution in [3.05, 3.63) is 158 Å². The first kappa shape index (κ1) is 28.6. The first-order chi connectivity index (χ1) is 25.7. The minimum absolute atomic E-state index is 0.567. The van der Waals surface area contributed by atoms with E-state index in [0.29, 0.717) is 23.2 Å². The van der Waals surface area contributed by atoms with Crippen molar-refractivity contribution in [3.63, 3.8) is 0 Å². The van der Waals surface area contributed by atoms with Gasteiger partial charge in [0.15, 0.2) is 17.5 Å². The van der Waals surface area contributed by atoms with Gasteiger partial charge in [-0.3, -0.25) is 0 Å². The molecule has 0 radical (unpaired) electrons. The predicted octanol–water partition coefficient (Wildman–Crippen LogP) is 12.0. The van der Waals surface area contributed by atoms with Crippen LogP contribution in [0.2, 0.25) is 0 Å². The van der Waals surface area contributed by atoms with Crippen LogP contribution in [-0.2, 0) is 0 Å². The predicted molar refractivity (Wildman–Crippen MR) is 209 cm³/mol. The van der Waals surface area contributed by atoms with Crippen molar-refractivity contribution < 1.29 is 8.83 Å². The van der Waals surface area contributed by atoms with E-state index in [9.17, 15) is 0 Å². The highest BCUT2D eigenvalue weighted by Gasteiger charge is 2.22. The van der Waals surface area contributed by atoms with Crippen LogP contribution in [-0.4, -0.2) is 19.9 Å². The molecular weight excluding hydrogens is 641 g/mol. The largest absolute Gasteiger partial charge is 0.456 e. The summed E-state index contributed by atoms with van der Waals surface area (Å²) in [4.78, 5) is 20.3. The van der Waals surface area contributed by atoms with Crippen LogP contribution in [0.25, 0.3) is 111 Å². The molecule has 4 heterocycles. The average Bonchev–Trinajstić information content (AvgIpc) is 3.77. The van der Waals surface area contributed by atoms with E-state index < -0.39 is 0 Å². The van der Waals surface area contributed by atoms with Gasteiger partial charge in [-0.2, -0.15) is 0 Å². The van der Waals surface area contributed by atoms with Gasteiger partial charge in [0, 0.05) is 39.0 Å². The van der Waals surface area contributed by atoms with E-state index >= 15 is 0 Å². The molecule has 0 spiro atoms. The third-order valence-electron chi connectivity index (χ3n) is 9.97. The highest BCUT2D eigenvalue weighted by atomic mass is 16.3. The normalized spacial score (nSPS) is 11.8. The second-order valence-corrected chi connectivity index (χ2v) is 13.0. The number of pyridine rings is 1. The lowest BCUT2D eigenvalue weighted by Gasteiger charge is -2.14. The highest BCUT2D eigenvalue weighted by Crippen LogP contribution is 2.43. The number of rotatable bonds is 4. The van der Waals surface area contributed by atoms with Crippen molar-refractivity contribution in [2.75, 3.05) is 0 Å². The summed E-state index contributed by atoms with van der Waals surface area (Å²) in [6, 6.07) is 51.8. The number of benzene rings is 7. The average molecular weight is 667 g/mol. The van der Waals surface area contributed by atoms with Gasteiger partial charge in [0.25, 0.3) is 0 Å². The summed E-state index contributed by atoms with van der Waals surface area (Å²) in [6.45, 7) is 0. The molecule has 11 aromatic rings. The fraction of sp³-hybridized carbons (Fsp3) is 0. The van der Waals surface area contributed by atoms with Gasteiger partial charge < -0.3 is 8.83 Å². The van der Waals surface area contributed by atoms with Gasteiger partial charge in [-0.15, -0.1) is 0 Å². The number of fused-ring (bicyclic) bond motifs is 8. The second kappa shape index (κ2) is 11.2. The molecule has 0 bridgehead atoms. The number of hydrogen-bond donors (Lipinski definition) is 0. The molecule has 242 valence electrons. The molecule has 0 aliphatic carbocycles. The van der Waals surface area contributed by atoms with Crippen LogP contribution in [0, 0.1) is 0 Å². The molecule has 6 nitrogen and oxygen atoms in total. The summed E-state index contributed by atoms with van der Waals surface area (Å²) < 4.78 is 12.7. The Morgan fingerprint density at radius 2 is 1.00 bits per heavy atom. The number of hydrogen-bond acceptors (Lipinski definition) is 6. The van der Waals surface area contributed by atoms with E-state index in [2.05, 4.69) is 84.9 Å². The van der Waals surface area contributed by atoms with Crippen LogP contribution in [0.15, 0.2) is 167 Å². The molecule has 0 amide bonds. The van der Waals surface area contributed by atoms with Crippen molar-refractivity contribution in [3.8, 4) is 45.3 Å². The maximum atomic E-state index is 6.42. The third kappa shape index (κ3) is 4.44. The van der Waals surface area contributed by atoms with E-state index in [0.717, 1.165) is 87.7 Å². The quantitative estimate of drug-likeness (QED) is 0.186. The number of aromatic nitrogens is 4. The molecule has 0 unspecified atom stereocenters. The lowest BCUT2D eigenvalue weighted by molar-refractivity contribution is 0.654. The Morgan fingerprint density at radius 1 is 0.365 bits per heavy atom. The molecule has 7 aromatic carbocycles. The summed E-state index contributed by atoms with van der Waals surface area (Å²) >= 11 is 0. The van der Waals surface area contributed by atoms with Gasteiger partial charge in [0.2, 0.25) is 5.71 Å². The first-order valence-electron chi connectivity index (χ1n) is 17.2. The minimum Gasteiger partial charge on any atom is -0.456 e. The van der Waals surface area contributed by atoms with Gasteiger partial charge in [0.1, 0.15) is 16.7 Å². The second-order valence-electron chi connectivity index (χ2n) is 13.0. The molecule has 0 aliphatic rings. The van der Waals surface area contributed by atoms with E-state index in [1.165, 1.54) is 0 Å². The molecule has 0 atom stereocenters. The molecule has 0 fully saturated rings. The lowest BCUT2D eigenvalue weighted by atomic mass is 9.92. The monoisotopic (exact) mass is 666 g/mol. The summed E-state index contributed by atoms with van der Waals surface area (Å²) in [7, 11) is 0. The Morgan fingerprint density at radius 3 is 1.81 bits per heavy atom. The lowest BCUT2D eigenvalue weighted by Crippen LogP contribution is -2.01. The standard InChI is InChI=1S/C46H26N4O2/c1-2-11-27(12-3-1)43-48-44(34-18-10-20-39-41(34)33-17-8-9-19-38(33)51-39)50-45(49-43)36-24-29-14-5-4-13-28(29)23-35(36)32-21-22-47-46-42(32)37-25-30-15-6-7-16-31(30)26-40(37)52-46/h1-26H. The van der Waals surface area contributed by atoms with Crippen molar-refractivity contribution >= 4 is 65.6 Å². The third-order valence-corrected chi connectivity index (χ3v) is 9.97.